The summed E-state index contributed by atoms with van der Waals surface area (Å²) >= 11 is 5.88. The molecule has 2 rings (SSSR count). The highest BCUT2D eigenvalue weighted by Crippen LogP contribution is 2.30. The molecule has 1 heterocycles. The van der Waals surface area contributed by atoms with Gasteiger partial charge in [-0.05, 0) is 30.9 Å². The maximum Gasteiger partial charge on any atom is 0.128 e. The largest absolute Gasteiger partial charge is 0.390 e. The minimum absolute atomic E-state index is 0.107. The predicted octanol–water partition coefficient (Wildman–Crippen LogP) is 2.07. The van der Waals surface area contributed by atoms with Crippen LogP contribution in [0.4, 0.5) is 5.82 Å². The molecule has 0 atom stereocenters. The van der Waals surface area contributed by atoms with E-state index in [2.05, 4.69) is 9.88 Å². The van der Waals surface area contributed by atoms with E-state index in [4.69, 9.17) is 16.7 Å². The molecule has 0 spiro atoms. The zero-order valence-corrected chi connectivity index (χ0v) is 9.54. The van der Waals surface area contributed by atoms with Crippen LogP contribution in [0.15, 0.2) is 12.1 Å². The number of aromatic nitrogens is 1. The van der Waals surface area contributed by atoms with Crippen molar-refractivity contribution in [3.05, 3.63) is 22.8 Å². The molecule has 1 aromatic rings. The van der Waals surface area contributed by atoms with Crippen LogP contribution in [0, 0.1) is 5.92 Å². The van der Waals surface area contributed by atoms with Gasteiger partial charge in [-0.1, -0.05) is 11.6 Å². The summed E-state index contributed by atoms with van der Waals surface area (Å²) in [6.07, 6.45) is 2.65. The van der Waals surface area contributed by atoms with Gasteiger partial charge < -0.3 is 10.0 Å². The van der Waals surface area contributed by atoms with E-state index in [0.29, 0.717) is 10.7 Å². The van der Waals surface area contributed by atoms with Crippen LogP contribution >= 0.6 is 11.6 Å². The van der Waals surface area contributed by atoms with E-state index in [1.54, 1.807) is 6.07 Å². The first-order valence-electron chi connectivity index (χ1n) is 5.18. The van der Waals surface area contributed by atoms with Gasteiger partial charge in [0.1, 0.15) is 5.82 Å². The number of rotatable bonds is 4. The van der Waals surface area contributed by atoms with Crippen molar-refractivity contribution in [2.75, 3.05) is 18.5 Å². The Kier molecular flexibility index (Phi) is 3.12. The first-order chi connectivity index (χ1) is 7.20. The fourth-order valence-corrected chi connectivity index (χ4v) is 1.74. The fraction of sp³-hybridized carbons (Fsp3) is 0.545. The molecule has 0 radical (unpaired) electrons. The van der Waals surface area contributed by atoms with Crippen molar-refractivity contribution in [3.8, 4) is 0 Å². The van der Waals surface area contributed by atoms with E-state index < -0.39 is 0 Å². The molecule has 4 heteroatoms. The third kappa shape index (κ3) is 2.61. The molecule has 1 aromatic heterocycles. The van der Waals surface area contributed by atoms with Crippen LogP contribution in [0.2, 0.25) is 5.02 Å². The third-order valence-electron chi connectivity index (χ3n) is 2.67. The van der Waals surface area contributed by atoms with Gasteiger partial charge in [0.15, 0.2) is 0 Å². The van der Waals surface area contributed by atoms with Crippen LogP contribution in [0.3, 0.4) is 0 Å². The van der Waals surface area contributed by atoms with Gasteiger partial charge in [-0.3, -0.25) is 0 Å². The average molecular weight is 227 g/mol. The summed E-state index contributed by atoms with van der Waals surface area (Å²) in [5, 5.41) is 9.58. The van der Waals surface area contributed by atoms with Crippen molar-refractivity contribution in [2.45, 2.75) is 19.4 Å². The summed E-state index contributed by atoms with van der Waals surface area (Å²) in [4.78, 5) is 6.43. The Bertz CT molecular complexity index is 352. The molecular formula is C11H15ClN2O. The Balaban J connectivity index is 2.12. The topological polar surface area (TPSA) is 36.4 Å². The first-order valence-corrected chi connectivity index (χ1v) is 5.56. The summed E-state index contributed by atoms with van der Waals surface area (Å²) in [5.74, 6) is 1.71. The quantitative estimate of drug-likeness (QED) is 0.854. The molecular weight excluding hydrogens is 212 g/mol. The van der Waals surface area contributed by atoms with Crippen LogP contribution in [-0.2, 0) is 6.61 Å². The van der Waals surface area contributed by atoms with Crippen molar-refractivity contribution in [2.24, 2.45) is 5.92 Å². The zero-order chi connectivity index (χ0) is 10.8. The van der Waals surface area contributed by atoms with Gasteiger partial charge in [-0.25, -0.2) is 4.98 Å². The second-order valence-electron chi connectivity index (χ2n) is 4.08. The highest BCUT2D eigenvalue weighted by atomic mass is 35.5. The number of hydrogen-bond donors (Lipinski definition) is 1. The molecule has 1 N–H and O–H groups in total. The zero-order valence-electron chi connectivity index (χ0n) is 8.78. The number of pyridine rings is 1. The molecule has 0 unspecified atom stereocenters. The Morgan fingerprint density at radius 2 is 2.27 bits per heavy atom. The van der Waals surface area contributed by atoms with Crippen LogP contribution in [0.5, 0.6) is 0 Å². The molecule has 1 aliphatic rings. The van der Waals surface area contributed by atoms with Crippen molar-refractivity contribution < 1.29 is 5.11 Å². The molecule has 1 fully saturated rings. The summed E-state index contributed by atoms with van der Waals surface area (Å²) in [6, 6.07) is 3.68. The maximum atomic E-state index is 9.05. The van der Waals surface area contributed by atoms with Crippen molar-refractivity contribution in [1.29, 1.82) is 0 Å². The van der Waals surface area contributed by atoms with Crippen molar-refractivity contribution in [3.63, 3.8) is 0 Å². The maximum absolute atomic E-state index is 9.05. The molecule has 0 aliphatic heterocycles. The first kappa shape index (κ1) is 10.7. The molecule has 0 aromatic carbocycles. The van der Waals surface area contributed by atoms with Gasteiger partial charge in [0, 0.05) is 13.6 Å². The molecule has 1 aliphatic carbocycles. The minimum Gasteiger partial charge on any atom is -0.390 e. The predicted molar refractivity (Wildman–Crippen MR) is 61.2 cm³/mol. The summed E-state index contributed by atoms with van der Waals surface area (Å²) in [6.45, 7) is 0.934. The summed E-state index contributed by atoms with van der Waals surface area (Å²) < 4.78 is 0. The van der Waals surface area contributed by atoms with Gasteiger partial charge in [0.25, 0.3) is 0 Å². The Morgan fingerprint density at radius 1 is 1.53 bits per heavy atom. The summed E-state index contributed by atoms with van der Waals surface area (Å²) in [7, 11) is 2.02. The Labute approximate surface area is 94.7 Å². The summed E-state index contributed by atoms with van der Waals surface area (Å²) in [5.41, 5.74) is 0.553. The number of halogens is 1. The van der Waals surface area contributed by atoms with Gasteiger partial charge in [0.2, 0.25) is 0 Å². The normalized spacial score (nSPS) is 15.4. The van der Waals surface area contributed by atoms with Gasteiger partial charge in [-0.15, -0.1) is 0 Å². The lowest BCUT2D eigenvalue weighted by molar-refractivity contribution is 0.277. The molecule has 15 heavy (non-hydrogen) atoms. The van der Waals surface area contributed by atoms with E-state index >= 15 is 0 Å². The van der Waals surface area contributed by atoms with Crippen LogP contribution in [0.25, 0.3) is 0 Å². The van der Waals surface area contributed by atoms with E-state index in [1.807, 2.05) is 13.1 Å². The molecule has 82 valence electrons. The molecule has 3 nitrogen and oxygen atoms in total. The van der Waals surface area contributed by atoms with E-state index in [0.717, 1.165) is 18.3 Å². The lowest BCUT2D eigenvalue weighted by atomic mass is 10.3. The standard InChI is InChI=1S/C11H15ClN2O/c1-14(6-8-2-3-8)11-5-4-9(12)10(7-15)13-11/h4-5,8,15H,2-3,6-7H2,1H3. The number of aliphatic hydroxyl groups is 1. The van der Waals surface area contributed by atoms with E-state index in [9.17, 15) is 0 Å². The smallest absolute Gasteiger partial charge is 0.128 e. The number of hydrogen-bond acceptors (Lipinski definition) is 3. The van der Waals surface area contributed by atoms with E-state index in [1.165, 1.54) is 12.8 Å². The van der Waals surface area contributed by atoms with Crippen LogP contribution in [-0.4, -0.2) is 23.7 Å². The number of aliphatic hydroxyl groups excluding tert-OH is 1. The van der Waals surface area contributed by atoms with Gasteiger partial charge in [0.05, 0.1) is 17.3 Å². The number of nitrogens with zero attached hydrogens (tertiary/aromatic N) is 2. The van der Waals surface area contributed by atoms with E-state index in [-0.39, 0.29) is 6.61 Å². The highest BCUT2D eigenvalue weighted by Gasteiger charge is 2.23. The second-order valence-corrected chi connectivity index (χ2v) is 4.49. The molecule has 0 saturated heterocycles. The van der Waals surface area contributed by atoms with Crippen LogP contribution in [0.1, 0.15) is 18.5 Å². The van der Waals surface area contributed by atoms with Crippen LogP contribution < -0.4 is 4.90 Å². The third-order valence-corrected chi connectivity index (χ3v) is 3.02. The van der Waals surface area contributed by atoms with Crippen molar-refractivity contribution in [1.82, 2.24) is 4.98 Å². The average Bonchev–Trinajstić information content (AvgIpc) is 3.02. The molecule has 1 saturated carbocycles. The fourth-order valence-electron chi connectivity index (χ4n) is 1.58. The van der Waals surface area contributed by atoms with Gasteiger partial charge >= 0.3 is 0 Å². The van der Waals surface area contributed by atoms with Crippen molar-refractivity contribution >= 4 is 17.4 Å². The Morgan fingerprint density at radius 3 is 2.87 bits per heavy atom. The lowest BCUT2D eigenvalue weighted by Gasteiger charge is -2.18. The molecule has 0 amide bonds. The monoisotopic (exact) mass is 226 g/mol. The SMILES string of the molecule is CN(CC1CC1)c1ccc(Cl)c(CO)n1. The van der Waals surface area contributed by atoms with Gasteiger partial charge in [-0.2, -0.15) is 0 Å². The molecule has 0 bridgehead atoms. The second kappa shape index (κ2) is 4.37. The highest BCUT2D eigenvalue weighted by molar-refractivity contribution is 6.31. The number of anilines is 1. The lowest BCUT2D eigenvalue weighted by Crippen LogP contribution is -2.21. The Hall–Kier alpha value is -0.800. The minimum atomic E-state index is -0.107.